The van der Waals surface area contributed by atoms with Crippen molar-refractivity contribution in [3.8, 4) is 0 Å². The second-order valence-corrected chi connectivity index (χ2v) is 5.77. The Labute approximate surface area is 124 Å². The summed E-state index contributed by atoms with van der Waals surface area (Å²) in [7, 11) is 0. The number of nitrogens with one attached hydrogen (secondary N) is 1. The summed E-state index contributed by atoms with van der Waals surface area (Å²) in [5.41, 5.74) is 0.173. The van der Waals surface area contributed by atoms with E-state index in [0.29, 0.717) is 12.5 Å². The first-order valence-corrected chi connectivity index (χ1v) is 7.46. The van der Waals surface area contributed by atoms with Crippen LogP contribution in [0.25, 0.3) is 0 Å². The normalized spacial score (nSPS) is 17.4. The van der Waals surface area contributed by atoms with Crippen molar-refractivity contribution >= 4 is 11.4 Å². The molecule has 0 amide bonds. The zero-order valence-electron chi connectivity index (χ0n) is 12.3. The molecule has 0 saturated carbocycles. The predicted octanol–water partition coefficient (Wildman–Crippen LogP) is 3.27. The predicted molar refractivity (Wildman–Crippen MR) is 81.0 cm³/mol. The Morgan fingerprint density at radius 1 is 1.38 bits per heavy atom. The van der Waals surface area contributed by atoms with Crippen molar-refractivity contribution in [2.45, 2.75) is 26.2 Å². The second-order valence-electron chi connectivity index (χ2n) is 5.77. The van der Waals surface area contributed by atoms with E-state index in [1.807, 2.05) is 0 Å². The van der Waals surface area contributed by atoms with E-state index in [-0.39, 0.29) is 11.4 Å². The third-order valence-electron chi connectivity index (χ3n) is 3.81. The lowest BCUT2D eigenvalue weighted by atomic mass is 10.1. The van der Waals surface area contributed by atoms with Gasteiger partial charge in [-0.05, 0) is 37.9 Å². The third kappa shape index (κ3) is 4.67. The fourth-order valence-electron chi connectivity index (χ4n) is 2.74. The first-order chi connectivity index (χ1) is 10.1. The highest BCUT2D eigenvalue weighted by Crippen LogP contribution is 2.25. The molecule has 0 bridgehead atoms. The highest BCUT2D eigenvalue weighted by Gasteiger charge is 2.17. The van der Waals surface area contributed by atoms with E-state index in [4.69, 9.17) is 0 Å². The van der Waals surface area contributed by atoms with Gasteiger partial charge in [0, 0.05) is 25.2 Å². The summed E-state index contributed by atoms with van der Waals surface area (Å²) in [5.74, 6) is -0.113. The molecule has 1 heterocycles. The minimum atomic E-state index is -0.489. The zero-order valence-corrected chi connectivity index (χ0v) is 12.3. The van der Waals surface area contributed by atoms with Crippen LogP contribution in [-0.4, -0.2) is 36.0 Å². The molecule has 21 heavy (non-hydrogen) atoms. The second kappa shape index (κ2) is 7.36. The molecule has 1 unspecified atom stereocenters. The Balaban J connectivity index is 1.89. The highest BCUT2D eigenvalue weighted by molar-refractivity contribution is 5.61. The van der Waals surface area contributed by atoms with Crippen LogP contribution in [0, 0.1) is 21.8 Å². The summed E-state index contributed by atoms with van der Waals surface area (Å²) in [6.45, 7) is 5.93. The summed E-state index contributed by atoms with van der Waals surface area (Å²) >= 11 is 0. The molecule has 1 aromatic carbocycles. The van der Waals surface area contributed by atoms with Gasteiger partial charge in [-0.15, -0.1) is 0 Å². The van der Waals surface area contributed by atoms with Crippen molar-refractivity contribution in [1.82, 2.24) is 4.90 Å². The molecule has 1 atom stereocenters. The Bertz CT molecular complexity index is 490. The maximum Gasteiger partial charge on any atom is 0.292 e. The average molecular weight is 295 g/mol. The molecule has 5 nitrogen and oxygen atoms in total. The molecule has 0 aromatic heterocycles. The average Bonchev–Trinajstić information content (AvgIpc) is 2.46. The quantitative estimate of drug-likeness (QED) is 0.646. The smallest absolute Gasteiger partial charge is 0.292 e. The Morgan fingerprint density at radius 3 is 2.76 bits per heavy atom. The number of halogens is 1. The van der Waals surface area contributed by atoms with Crippen LogP contribution in [0.4, 0.5) is 15.8 Å². The van der Waals surface area contributed by atoms with Gasteiger partial charge in [0.1, 0.15) is 11.5 Å². The first-order valence-electron chi connectivity index (χ1n) is 7.46. The van der Waals surface area contributed by atoms with E-state index in [9.17, 15) is 14.5 Å². The van der Waals surface area contributed by atoms with Gasteiger partial charge in [0.2, 0.25) is 0 Å². The van der Waals surface area contributed by atoms with Gasteiger partial charge in [-0.2, -0.15) is 0 Å². The molecule has 6 heteroatoms. The first kappa shape index (κ1) is 15.7. The SMILES string of the molecule is CC(CNc1cc(F)ccc1[N+](=O)[O-])CN1CCCCC1. The summed E-state index contributed by atoms with van der Waals surface area (Å²) in [6.07, 6.45) is 3.80. The molecular weight excluding hydrogens is 273 g/mol. The third-order valence-corrected chi connectivity index (χ3v) is 3.81. The Hall–Kier alpha value is -1.69. The molecule has 1 N–H and O–H groups in total. The van der Waals surface area contributed by atoms with E-state index in [1.165, 1.54) is 31.4 Å². The molecule has 1 saturated heterocycles. The van der Waals surface area contributed by atoms with Gasteiger partial charge < -0.3 is 10.2 Å². The summed E-state index contributed by atoms with van der Waals surface area (Å²) in [6, 6.07) is 3.50. The number of hydrogen-bond acceptors (Lipinski definition) is 4. The van der Waals surface area contributed by atoms with Crippen LogP contribution >= 0.6 is 0 Å². The van der Waals surface area contributed by atoms with Crippen LogP contribution in [0.1, 0.15) is 26.2 Å². The van der Waals surface area contributed by atoms with Crippen LogP contribution in [0.2, 0.25) is 0 Å². The van der Waals surface area contributed by atoms with Crippen molar-refractivity contribution in [1.29, 1.82) is 0 Å². The van der Waals surface area contributed by atoms with Gasteiger partial charge in [0.15, 0.2) is 0 Å². The minimum absolute atomic E-state index is 0.0819. The van der Waals surface area contributed by atoms with Crippen molar-refractivity contribution in [3.05, 3.63) is 34.1 Å². The van der Waals surface area contributed by atoms with E-state index < -0.39 is 10.7 Å². The monoisotopic (exact) mass is 295 g/mol. The maximum atomic E-state index is 13.2. The zero-order chi connectivity index (χ0) is 15.2. The number of nitro groups is 1. The van der Waals surface area contributed by atoms with E-state index in [2.05, 4.69) is 17.1 Å². The van der Waals surface area contributed by atoms with E-state index >= 15 is 0 Å². The molecule has 1 aromatic rings. The number of nitro benzene ring substituents is 1. The lowest BCUT2D eigenvalue weighted by Gasteiger charge is -2.29. The standard InChI is InChI=1S/C15H22FN3O2/c1-12(11-18-7-3-2-4-8-18)10-17-14-9-13(16)5-6-15(14)19(20)21/h5-6,9,12,17H,2-4,7-8,10-11H2,1H3. The molecule has 0 spiro atoms. The van der Waals surface area contributed by atoms with Gasteiger partial charge in [-0.25, -0.2) is 4.39 Å². The number of anilines is 1. The number of rotatable bonds is 6. The van der Waals surface area contributed by atoms with Gasteiger partial charge in [-0.1, -0.05) is 13.3 Å². The van der Waals surface area contributed by atoms with Crippen molar-refractivity contribution in [2.75, 3.05) is 31.5 Å². The lowest BCUT2D eigenvalue weighted by molar-refractivity contribution is -0.384. The number of piperidine rings is 1. The largest absolute Gasteiger partial charge is 0.379 e. The molecule has 1 fully saturated rings. The molecule has 1 aliphatic heterocycles. The molecule has 0 aliphatic carbocycles. The molecular formula is C15H22FN3O2. The van der Waals surface area contributed by atoms with E-state index in [0.717, 1.165) is 25.7 Å². The molecule has 116 valence electrons. The highest BCUT2D eigenvalue weighted by atomic mass is 19.1. The Kier molecular flexibility index (Phi) is 5.50. The Morgan fingerprint density at radius 2 is 2.10 bits per heavy atom. The topological polar surface area (TPSA) is 58.4 Å². The maximum absolute atomic E-state index is 13.2. The van der Waals surface area contributed by atoms with Crippen LogP contribution in [0.3, 0.4) is 0 Å². The van der Waals surface area contributed by atoms with Crippen LogP contribution in [0.15, 0.2) is 18.2 Å². The van der Waals surface area contributed by atoms with Crippen LogP contribution in [-0.2, 0) is 0 Å². The molecule has 0 radical (unpaired) electrons. The van der Waals surface area contributed by atoms with Gasteiger partial charge >= 0.3 is 0 Å². The van der Waals surface area contributed by atoms with Gasteiger partial charge in [0.25, 0.3) is 5.69 Å². The van der Waals surface area contributed by atoms with Gasteiger partial charge in [0.05, 0.1) is 4.92 Å². The van der Waals surface area contributed by atoms with E-state index in [1.54, 1.807) is 0 Å². The number of nitrogens with zero attached hydrogens (tertiary/aromatic N) is 2. The summed E-state index contributed by atoms with van der Waals surface area (Å²) < 4.78 is 13.2. The number of benzene rings is 1. The lowest BCUT2D eigenvalue weighted by Crippen LogP contribution is -2.35. The van der Waals surface area contributed by atoms with Crippen LogP contribution in [0.5, 0.6) is 0 Å². The van der Waals surface area contributed by atoms with Crippen molar-refractivity contribution in [2.24, 2.45) is 5.92 Å². The number of likely N-dealkylation sites (tertiary alicyclic amines) is 1. The van der Waals surface area contributed by atoms with Gasteiger partial charge in [-0.3, -0.25) is 10.1 Å². The summed E-state index contributed by atoms with van der Waals surface area (Å²) in [4.78, 5) is 12.9. The fraction of sp³-hybridized carbons (Fsp3) is 0.600. The number of hydrogen-bond donors (Lipinski definition) is 1. The fourth-order valence-corrected chi connectivity index (χ4v) is 2.74. The molecule has 1 aliphatic rings. The summed E-state index contributed by atoms with van der Waals surface area (Å²) in [5, 5.41) is 13.9. The minimum Gasteiger partial charge on any atom is -0.379 e. The van der Waals surface area contributed by atoms with Crippen molar-refractivity contribution < 1.29 is 9.31 Å². The van der Waals surface area contributed by atoms with Crippen molar-refractivity contribution in [3.63, 3.8) is 0 Å². The molecule has 2 rings (SSSR count). The van der Waals surface area contributed by atoms with Crippen LogP contribution < -0.4 is 5.32 Å².